The van der Waals surface area contributed by atoms with Gasteiger partial charge in [-0.2, -0.15) is 0 Å². The second kappa shape index (κ2) is 14.3. The summed E-state index contributed by atoms with van der Waals surface area (Å²) in [5.74, 6) is -0.886. The summed E-state index contributed by atoms with van der Waals surface area (Å²) in [4.78, 5) is 40.1. The van der Waals surface area contributed by atoms with Gasteiger partial charge >= 0.3 is 0 Å². The molecule has 0 bridgehead atoms. The molecule has 1 unspecified atom stereocenters. The number of rotatable bonds is 10. The Morgan fingerprint density at radius 2 is 1.45 bits per heavy atom. The minimum absolute atomic E-state index is 0.0680. The van der Waals surface area contributed by atoms with E-state index in [2.05, 4.69) is 22.9 Å². The minimum Gasteiger partial charge on any atom is -0.325 e. The first-order valence-corrected chi connectivity index (χ1v) is 14.7. The average molecular weight is 578 g/mol. The SMILES string of the molecule is CCc1cccc(C)c1NC(=O)C(C)Sc1ccc(NC(=O)/C(=C/c2ccccc2C)NC(=O)c2ccccc2)cc1. The first kappa shape index (κ1) is 30.3. The Balaban J connectivity index is 1.44. The van der Waals surface area contributed by atoms with Crippen LogP contribution >= 0.6 is 11.8 Å². The highest BCUT2D eigenvalue weighted by atomic mass is 32.2. The van der Waals surface area contributed by atoms with Crippen molar-refractivity contribution in [1.29, 1.82) is 0 Å². The molecular weight excluding hydrogens is 542 g/mol. The summed E-state index contributed by atoms with van der Waals surface area (Å²) in [5, 5.41) is 8.42. The molecule has 0 aromatic heterocycles. The molecule has 6 nitrogen and oxygen atoms in total. The number of benzene rings is 4. The van der Waals surface area contributed by atoms with Crippen molar-refractivity contribution in [2.75, 3.05) is 10.6 Å². The minimum atomic E-state index is -0.444. The molecule has 3 amide bonds. The van der Waals surface area contributed by atoms with E-state index in [0.717, 1.165) is 39.3 Å². The number of carbonyl (C=O) groups excluding carboxylic acids is 3. The number of hydrogen-bond acceptors (Lipinski definition) is 4. The van der Waals surface area contributed by atoms with Gasteiger partial charge in [-0.3, -0.25) is 14.4 Å². The zero-order valence-electron chi connectivity index (χ0n) is 24.2. The molecule has 7 heteroatoms. The summed E-state index contributed by atoms with van der Waals surface area (Å²) in [6.07, 6.45) is 2.51. The molecule has 0 heterocycles. The number of amides is 3. The fraction of sp³-hybridized carbons (Fsp3) is 0.171. The molecule has 1 atom stereocenters. The van der Waals surface area contributed by atoms with Gasteiger partial charge < -0.3 is 16.0 Å². The monoisotopic (exact) mass is 577 g/mol. The number of hydrogen-bond donors (Lipinski definition) is 3. The van der Waals surface area contributed by atoms with Crippen molar-refractivity contribution >= 4 is 46.9 Å². The molecule has 214 valence electrons. The lowest BCUT2D eigenvalue weighted by molar-refractivity contribution is -0.115. The van der Waals surface area contributed by atoms with Gasteiger partial charge in [0.25, 0.3) is 11.8 Å². The summed E-state index contributed by atoms with van der Waals surface area (Å²) >= 11 is 1.44. The maximum absolute atomic E-state index is 13.3. The summed E-state index contributed by atoms with van der Waals surface area (Å²) in [6, 6.07) is 29.7. The highest BCUT2D eigenvalue weighted by Gasteiger charge is 2.18. The molecule has 0 aliphatic rings. The van der Waals surface area contributed by atoms with E-state index in [4.69, 9.17) is 0 Å². The van der Waals surface area contributed by atoms with Crippen LogP contribution in [0.5, 0.6) is 0 Å². The lowest BCUT2D eigenvalue weighted by Gasteiger charge is -2.16. The maximum Gasteiger partial charge on any atom is 0.272 e. The Bertz CT molecular complexity index is 1600. The first-order valence-electron chi connectivity index (χ1n) is 13.9. The van der Waals surface area contributed by atoms with Crippen LogP contribution in [0.3, 0.4) is 0 Å². The van der Waals surface area contributed by atoms with E-state index in [9.17, 15) is 14.4 Å². The molecule has 4 aromatic carbocycles. The van der Waals surface area contributed by atoms with Gasteiger partial charge in [0.1, 0.15) is 5.70 Å². The first-order chi connectivity index (χ1) is 20.2. The Morgan fingerprint density at radius 1 is 0.786 bits per heavy atom. The van der Waals surface area contributed by atoms with Crippen molar-refractivity contribution in [3.05, 3.63) is 131 Å². The second-order valence-electron chi connectivity index (χ2n) is 9.93. The standard InChI is InChI=1S/C35H35N3O3S/c1-5-26-17-11-13-24(3)32(26)38-33(39)25(4)42-30-20-18-29(19-21-30)36-35(41)31(22-28-16-10-9-12-23(28)2)37-34(40)27-14-7-6-8-15-27/h6-22,25H,5H2,1-4H3,(H,36,41)(H,37,40)(H,38,39)/b31-22-. The lowest BCUT2D eigenvalue weighted by Crippen LogP contribution is -2.30. The number of carbonyl (C=O) groups is 3. The molecule has 0 aliphatic carbocycles. The quantitative estimate of drug-likeness (QED) is 0.135. The molecule has 0 fully saturated rings. The van der Waals surface area contributed by atoms with Crippen LogP contribution in [0.25, 0.3) is 6.08 Å². The summed E-state index contributed by atoms with van der Waals surface area (Å²) in [5.41, 5.74) is 5.98. The van der Waals surface area contributed by atoms with Crippen LogP contribution in [0.1, 0.15) is 46.5 Å². The number of aryl methyl sites for hydroxylation is 3. The molecular formula is C35H35N3O3S. The zero-order chi connectivity index (χ0) is 30.1. The largest absolute Gasteiger partial charge is 0.325 e. The zero-order valence-corrected chi connectivity index (χ0v) is 25.0. The molecule has 4 rings (SSSR count). The average Bonchev–Trinajstić information content (AvgIpc) is 3.00. The normalized spacial score (nSPS) is 11.9. The van der Waals surface area contributed by atoms with E-state index >= 15 is 0 Å². The number of anilines is 2. The summed E-state index contributed by atoms with van der Waals surface area (Å²) in [6.45, 7) is 7.88. The molecule has 0 saturated heterocycles. The second-order valence-corrected chi connectivity index (χ2v) is 11.3. The van der Waals surface area contributed by atoms with Crippen LogP contribution in [0.4, 0.5) is 11.4 Å². The van der Waals surface area contributed by atoms with Crippen LogP contribution in [-0.4, -0.2) is 23.0 Å². The number of nitrogens with one attached hydrogen (secondary N) is 3. The van der Waals surface area contributed by atoms with Crippen molar-refractivity contribution in [2.45, 2.75) is 44.3 Å². The van der Waals surface area contributed by atoms with E-state index in [1.54, 1.807) is 42.5 Å². The van der Waals surface area contributed by atoms with Crippen LogP contribution < -0.4 is 16.0 Å². The number of thioether (sulfide) groups is 1. The third kappa shape index (κ3) is 7.98. The third-order valence-electron chi connectivity index (χ3n) is 6.80. The molecule has 0 saturated carbocycles. The summed E-state index contributed by atoms with van der Waals surface area (Å²) < 4.78 is 0. The van der Waals surface area contributed by atoms with Gasteiger partial charge in [-0.25, -0.2) is 0 Å². The molecule has 3 N–H and O–H groups in total. The Kier molecular flexibility index (Phi) is 10.3. The van der Waals surface area contributed by atoms with Gasteiger partial charge in [-0.1, -0.05) is 67.6 Å². The fourth-order valence-electron chi connectivity index (χ4n) is 4.35. The van der Waals surface area contributed by atoms with Gasteiger partial charge in [0.05, 0.1) is 5.25 Å². The van der Waals surface area contributed by atoms with E-state index < -0.39 is 5.91 Å². The van der Waals surface area contributed by atoms with E-state index in [1.807, 2.05) is 81.4 Å². The Morgan fingerprint density at radius 3 is 2.14 bits per heavy atom. The van der Waals surface area contributed by atoms with E-state index in [0.29, 0.717) is 11.3 Å². The predicted molar refractivity (Wildman–Crippen MR) is 173 cm³/mol. The third-order valence-corrected chi connectivity index (χ3v) is 7.91. The van der Waals surface area contributed by atoms with Crippen molar-refractivity contribution < 1.29 is 14.4 Å². The van der Waals surface area contributed by atoms with Crippen LogP contribution in [-0.2, 0) is 16.0 Å². The van der Waals surface area contributed by atoms with Gasteiger partial charge in [-0.05, 0) is 91.9 Å². The van der Waals surface area contributed by atoms with Crippen LogP contribution in [0, 0.1) is 13.8 Å². The van der Waals surface area contributed by atoms with Crippen molar-refractivity contribution in [1.82, 2.24) is 5.32 Å². The number of para-hydroxylation sites is 1. The highest BCUT2D eigenvalue weighted by molar-refractivity contribution is 8.00. The molecule has 4 aromatic rings. The molecule has 42 heavy (non-hydrogen) atoms. The molecule has 0 aliphatic heterocycles. The van der Waals surface area contributed by atoms with Crippen LogP contribution in [0.2, 0.25) is 0 Å². The Hall–Kier alpha value is -4.62. The van der Waals surface area contributed by atoms with Crippen LogP contribution in [0.15, 0.2) is 108 Å². The predicted octanol–water partition coefficient (Wildman–Crippen LogP) is 7.39. The Labute approximate surface area is 251 Å². The fourth-order valence-corrected chi connectivity index (χ4v) is 5.21. The van der Waals surface area contributed by atoms with Gasteiger partial charge in [-0.15, -0.1) is 11.8 Å². The lowest BCUT2D eigenvalue weighted by atomic mass is 10.1. The van der Waals surface area contributed by atoms with Crippen molar-refractivity contribution in [2.24, 2.45) is 0 Å². The maximum atomic E-state index is 13.3. The van der Waals surface area contributed by atoms with Crippen molar-refractivity contribution in [3.63, 3.8) is 0 Å². The highest BCUT2D eigenvalue weighted by Crippen LogP contribution is 2.27. The van der Waals surface area contributed by atoms with E-state index in [-0.39, 0.29) is 22.8 Å². The molecule has 0 spiro atoms. The molecule has 0 radical (unpaired) electrons. The summed E-state index contributed by atoms with van der Waals surface area (Å²) in [7, 11) is 0. The van der Waals surface area contributed by atoms with Gasteiger partial charge in [0.2, 0.25) is 5.91 Å². The topological polar surface area (TPSA) is 87.3 Å². The van der Waals surface area contributed by atoms with Crippen molar-refractivity contribution in [3.8, 4) is 0 Å². The van der Waals surface area contributed by atoms with Gasteiger partial charge in [0.15, 0.2) is 0 Å². The smallest absolute Gasteiger partial charge is 0.272 e. The van der Waals surface area contributed by atoms with E-state index in [1.165, 1.54) is 11.8 Å². The van der Waals surface area contributed by atoms with Gasteiger partial charge in [0, 0.05) is 21.8 Å².